The molecule has 0 N–H and O–H groups in total. The summed E-state index contributed by atoms with van der Waals surface area (Å²) in [6.07, 6.45) is 0. The second-order valence-electron chi connectivity index (χ2n) is 8.50. The Morgan fingerprint density at radius 2 is 0.775 bits per heavy atom. The molecule has 0 amide bonds. The van der Waals surface area contributed by atoms with E-state index in [1.54, 1.807) is 0 Å². The van der Waals surface area contributed by atoms with E-state index in [2.05, 4.69) is 0 Å². The van der Waals surface area contributed by atoms with Crippen LogP contribution in [0.5, 0.6) is 0 Å². The largest absolute Gasteiger partial charge is 0.0636 e. The normalized spacial score (nSPS) is 20.6. The molecule has 8 aromatic carbocycles. The summed E-state index contributed by atoms with van der Waals surface area (Å²) in [5, 5.41) is -5.45. The molecule has 0 radical (unpaired) electrons. The fraction of sp³-hybridized carbons (Fsp3) is 0. The highest BCUT2D eigenvalue weighted by Gasteiger charge is 2.18. The van der Waals surface area contributed by atoms with Crippen molar-refractivity contribution in [2.45, 2.75) is 0 Å². The van der Waals surface area contributed by atoms with E-state index in [9.17, 15) is 8.22 Å². The third kappa shape index (κ3) is 3.54. The third-order valence-electron chi connectivity index (χ3n) is 6.38. The van der Waals surface area contributed by atoms with Gasteiger partial charge in [0.25, 0.3) is 0 Å². The van der Waals surface area contributed by atoms with Crippen LogP contribution in [0, 0.1) is 0 Å². The molecular formula is C40H26. The lowest BCUT2D eigenvalue weighted by atomic mass is 9.84. The van der Waals surface area contributed by atoms with Gasteiger partial charge in [0.15, 0.2) is 0 Å². The van der Waals surface area contributed by atoms with Crippen molar-refractivity contribution in [3.05, 3.63) is 157 Å². The van der Waals surface area contributed by atoms with Crippen molar-refractivity contribution in [2.24, 2.45) is 0 Å². The summed E-state index contributed by atoms with van der Waals surface area (Å²) < 4.78 is 232. The van der Waals surface area contributed by atoms with E-state index < -0.39 is 234 Å². The van der Waals surface area contributed by atoms with Crippen molar-refractivity contribution in [2.75, 3.05) is 0 Å². The Morgan fingerprint density at radius 3 is 1.43 bits per heavy atom. The number of hydrogen-bond acceptors (Lipinski definition) is 0. The molecule has 0 spiro atoms. The lowest BCUT2D eigenvalue weighted by Gasteiger charge is -2.19. The monoisotopic (exact) mass is 532 g/mol. The van der Waals surface area contributed by atoms with Gasteiger partial charge < -0.3 is 0 Å². The maximum absolute atomic E-state index is 10.1. The van der Waals surface area contributed by atoms with E-state index in [-0.39, 0.29) is 0 Å². The highest BCUT2D eigenvalue weighted by molar-refractivity contribution is 6.22. The van der Waals surface area contributed by atoms with Gasteiger partial charge in [0.2, 0.25) is 0 Å². The maximum atomic E-state index is 10.1. The van der Waals surface area contributed by atoms with E-state index in [0.29, 0.717) is 0 Å². The fourth-order valence-corrected chi connectivity index (χ4v) is 4.75. The first-order valence-corrected chi connectivity index (χ1v) is 11.8. The number of rotatable bonds is 3. The summed E-state index contributed by atoms with van der Waals surface area (Å²) in [6, 6.07) is -24.7. The Morgan fingerprint density at radius 1 is 0.300 bits per heavy atom. The van der Waals surface area contributed by atoms with Crippen LogP contribution in [-0.2, 0) is 0 Å². The lowest BCUT2D eigenvalue weighted by molar-refractivity contribution is 1.64. The molecule has 8 aromatic rings. The fourth-order valence-electron chi connectivity index (χ4n) is 4.75. The first kappa shape index (κ1) is 8.65. The van der Waals surface area contributed by atoms with Gasteiger partial charge in [0, 0.05) is 0 Å². The van der Waals surface area contributed by atoms with Crippen LogP contribution in [0.3, 0.4) is 0 Å². The second kappa shape index (κ2) is 9.22. The summed E-state index contributed by atoms with van der Waals surface area (Å²) in [6.45, 7) is 0. The van der Waals surface area contributed by atoms with E-state index in [4.69, 9.17) is 27.4 Å². The number of hydrogen-bond donors (Lipinski definition) is 0. The molecule has 0 nitrogen and oxygen atoms in total. The molecule has 8 rings (SSSR count). The van der Waals surface area contributed by atoms with Crippen LogP contribution in [0.1, 0.15) is 35.6 Å². The summed E-state index contributed by atoms with van der Waals surface area (Å²) in [7, 11) is 0. The molecule has 0 bridgehead atoms. The number of benzene rings is 8. The van der Waals surface area contributed by atoms with Crippen LogP contribution in [-0.4, -0.2) is 0 Å². The standard InChI is InChI=1S/C40H26/c1-3-13-27(14-4-1)39-34-21-11-12-22-35(34)40(28-15-5-2-6-16-28)38-26-30(23-24-36(38)39)37-25-29-17-7-8-18-31(29)32-19-9-10-20-33(32)37/h1-26H/i1D,2D,3D,4D,5D,6D,7D,8D,9D,10D,11D,12D,13D,14D,15D,16D,17D,18D,19D,20D,21D,22D,23D,24D,25D,26D. The minimum Gasteiger partial charge on any atom is -0.0622 e. The molecule has 0 aliphatic heterocycles. The Bertz CT molecular complexity index is 3590. The van der Waals surface area contributed by atoms with E-state index in [1.807, 2.05) is 0 Å². The quantitative estimate of drug-likeness (QED) is 0.157. The average molecular weight is 533 g/mol. The molecule has 0 aromatic heterocycles. The Kier molecular flexibility index (Phi) is 1.99. The van der Waals surface area contributed by atoms with Gasteiger partial charge in [0.1, 0.15) is 0 Å². The molecular weight excluding hydrogens is 480 g/mol. The zero-order valence-corrected chi connectivity index (χ0v) is 20.0. The maximum Gasteiger partial charge on any atom is 0.0636 e. The Balaban J connectivity index is 1.84. The van der Waals surface area contributed by atoms with Gasteiger partial charge >= 0.3 is 0 Å². The molecule has 0 saturated carbocycles. The SMILES string of the molecule is [2H]c1c([2H])c([2H])c(-c2c3c([2H])c([2H])c([2H])c([2H])c3c(-c3c([2H])c([2H])c([2H])c([2H])c3[2H])c3c([2H])c(-c4c([2H])c5c([2H])c([2H])c([2H])c([2H])c5c5c([2H])c([2H])c([2H])c([2H])c45)c([2H])c([2H])c23)c([2H])c1[2H]. The summed E-state index contributed by atoms with van der Waals surface area (Å²) >= 11 is 0. The van der Waals surface area contributed by atoms with Gasteiger partial charge in [-0.25, -0.2) is 0 Å². The summed E-state index contributed by atoms with van der Waals surface area (Å²) in [4.78, 5) is 0. The molecule has 0 saturated heterocycles. The second-order valence-corrected chi connectivity index (χ2v) is 8.50. The Labute approximate surface area is 270 Å². The molecule has 40 heavy (non-hydrogen) atoms. The minimum absolute atomic E-state index is 0.535. The zero-order valence-electron chi connectivity index (χ0n) is 46.0. The number of fused-ring (bicyclic) bond motifs is 5. The van der Waals surface area contributed by atoms with Gasteiger partial charge in [0.05, 0.1) is 35.6 Å². The highest BCUT2D eigenvalue weighted by atomic mass is 14.2. The first-order valence-electron chi connectivity index (χ1n) is 24.8. The van der Waals surface area contributed by atoms with Gasteiger partial charge in [-0.05, 0) is 88.6 Å². The van der Waals surface area contributed by atoms with Crippen LogP contribution in [0.15, 0.2) is 157 Å². The zero-order chi connectivity index (χ0) is 49.1. The molecule has 0 heterocycles. The van der Waals surface area contributed by atoms with Crippen LogP contribution in [0.4, 0.5) is 0 Å². The molecule has 0 atom stereocenters. The molecule has 0 heteroatoms. The van der Waals surface area contributed by atoms with E-state index in [0.717, 1.165) is 0 Å². The molecule has 0 fully saturated rings. The predicted molar refractivity (Wildman–Crippen MR) is 173 cm³/mol. The van der Waals surface area contributed by atoms with Gasteiger partial charge in [-0.15, -0.1) is 0 Å². The third-order valence-corrected chi connectivity index (χ3v) is 6.38. The molecule has 0 aliphatic carbocycles. The van der Waals surface area contributed by atoms with Gasteiger partial charge in [-0.2, -0.15) is 0 Å². The van der Waals surface area contributed by atoms with Crippen molar-refractivity contribution < 1.29 is 35.6 Å². The van der Waals surface area contributed by atoms with E-state index >= 15 is 0 Å². The molecule has 0 aliphatic rings. The molecule has 0 unspecified atom stereocenters. The van der Waals surface area contributed by atoms with Crippen molar-refractivity contribution in [1.82, 2.24) is 0 Å². The highest BCUT2D eigenvalue weighted by Crippen LogP contribution is 2.45. The van der Waals surface area contributed by atoms with Crippen LogP contribution < -0.4 is 0 Å². The van der Waals surface area contributed by atoms with Crippen molar-refractivity contribution in [3.8, 4) is 33.4 Å². The average Bonchev–Trinajstić information content (AvgIpc) is 3.28. The Hall–Kier alpha value is -5.20. The van der Waals surface area contributed by atoms with Crippen molar-refractivity contribution in [1.29, 1.82) is 0 Å². The van der Waals surface area contributed by atoms with E-state index in [1.165, 1.54) is 0 Å². The smallest absolute Gasteiger partial charge is 0.0622 e. The van der Waals surface area contributed by atoms with Gasteiger partial charge in [-0.3, -0.25) is 0 Å². The van der Waals surface area contributed by atoms with Crippen molar-refractivity contribution in [3.63, 3.8) is 0 Å². The molecule has 186 valence electrons. The summed E-state index contributed by atoms with van der Waals surface area (Å²) in [5.41, 5.74) is -4.76. The summed E-state index contributed by atoms with van der Waals surface area (Å²) in [5.74, 6) is 0. The first-order chi connectivity index (χ1) is 30.7. The van der Waals surface area contributed by atoms with Crippen molar-refractivity contribution >= 4 is 43.1 Å². The predicted octanol–water partition coefficient (Wildman–Crippen LogP) is 11.3. The topological polar surface area (TPSA) is 0 Å². The van der Waals surface area contributed by atoms with Crippen LogP contribution >= 0.6 is 0 Å². The minimum atomic E-state index is -1.09. The lowest BCUT2D eigenvalue weighted by Crippen LogP contribution is -1.92. The van der Waals surface area contributed by atoms with Crippen LogP contribution in [0.25, 0.3) is 76.5 Å². The van der Waals surface area contributed by atoms with Crippen LogP contribution in [0.2, 0.25) is 0 Å². The van der Waals surface area contributed by atoms with Gasteiger partial charge in [-0.1, -0.05) is 145 Å².